The second kappa shape index (κ2) is 8.04. The third-order valence-electron chi connectivity index (χ3n) is 4.64. The van der Waals surface area contributed by atoms with Gasteiger partial charge in [0.2, 0.25) is 0 Å². The number of amides is 1. The minimum atomic E-state index is -0.493. The zero-order valence-corrected chi connectivity index (χ0v) is 15.2. The van der Waals surface area contributed by atoms with Gasteiger partial charge in [-0.25, -0.2) is 4.79 Å². The predicted octanol–water partition coefficient (Wildman–Crippen LogP) is 3.10. The van der Waals surface area contributed by atoms with Gasteiger partial charge in [0, 0.05) is 19.8 Å². The topological polar surface area (TPSA) is 58.6 Å². The van der Waals surface area contributed by atoms with Gasteiger partial charge in [-0.3, -0.25) is 4.79 Å². The van der Waals surface area contributed by atoms with Crippen LogP contribution in [-0.4, -0.2) is 32.6 Å². The molecule has 0 heterocycles. The summed E-state index contributed by atoms with van der Waals surface area (Å²) in [5.41, 5.74) is 3.79. The zero-order valence-electron chi connectivity index (χ0n) is 15.2. The summed E-state index contributed by atoms with van der Waals surface area (Å²) in [6.07, 6.45) is 2.99. The van der Waals surface area contributed by atoms with Gasteiger partial charge in [-0.15, -0.1) is 0 Å². The van der Waals surface area contributed by atoms with Crippen molar-refractivity contribution in [2.24, 2.45) is 0 Å². The number of aryl methyl sites for hydroxylation is 1. The number of benzene rings is 2. The Morgan fingerprint density at radius 2 is 1.96 bits per heavy atom. The lowest BCUT2D eigenvalue weighted by Gasteiger charge is -2.26. The van der Waals surface area contributed by atoms with E-state index in [1.54, 1.807) is 18.2 Å². The van der Waals surface area contributed by atoms with Gasteiger partial charge in [-0.2, -0.15) is 0 Å². The number of carbonyl (C=O) groups excluding carboxylic acids is 2. The molecule has 0 fully saturated rings. The monoisotopic (exact) mass is 352 g/mol. The highest BCUT2D eigenvalue weighted by Gasteiger charge is 2.22. The molecular formula is C21H24N2O3. The number of nitrogens with one attached hydrogen (secondary N) is 1. The number of ether oxygens (including phenoxy) is 1. The Hall–Kier alpha value is -2.82. The lowest BCUT2D eigenvalue weighted by atomic mass is 9.88. The van der Waals surface area contributed by atoms with Crippen molar-refractivity contribution in [3.63, 3.8) is 0 Å². The van der Waals surface area contributed by atoms with E-state index in [9.17, 15) is 9.59 Å². The summed E-state index contributed by atoms with van der Waals surface area (Å²) in [5, 5.41) is 2.99. The van der Waals surface area contributed by atoms with Crippen LogP contribution in [0.1, 0.15) is 40.4 Å². The molecule has 0 spiro atoms. The molecule has 1 aliphatic carbocycles. The summed E-state index contributed by atoms with van der Waals surface area (Å²) in [7, 11) is 3.81. The number of esters is 1. The molecule has 0 saturated heterocycles. The fourth-order valence-electron chi connectivity index (χ4n) is 3.27. The van der Waals surface area contributed by atoms with Crippen molar-refractivity contribution in [2.75, 3.05) is 25.6 Å². The maximum atomic E-state index is 12.2. The second-order valence-electron chi connectivity index (χ2n) is 6.73. The van der Waals surface area contributed by atoms with E-state index in [1.807, 2.05) is 37.2 Å². The molecule has 0 aliphatic heterocycles. The van der Waals surface area contributed by atoms with Crippen LogP contribution in [0.25, 0.3) is 0 Å². The molecule has 0 aromatic heterocycles. The first-order chi connectivity index (χ1) is 12.5. The number of rotatable bonds is 5. The molecule has 1 atom stereocenters. The van der Waals surface area contributed by atoms with Gasteiger partial charge in [-0.05, 0) is 48.6 Å². The molecule has 0 bridgehead atoms. The van der Waals surface area contributed by atoms with Crippen LogP contribution in [0.2, 0.25) is 0 Å². The summed E-state index contributed by atoms with van der Waals surface area (Å²) in [4.78, 5) is 26.3. The maximum Gasteiger partial charge on any atom is 0.338 e. The van der Waals surface area contributed by atoms with Gasteiger partial charge >= 0.3 is 5.97 Å². The van der Waals surface area contributed by atoms with E-state index in [0.29, 0.717) is 5.56 Å². The highest BCUT2D eigenvalue weighted by molar-refractivity contribution is 5.92. The quantitative estimate of drug-likeness (QED) is 0.840. The van der Waals surface area contributed by atoms with Gasteiger partial charge in [0.05, 0.1) is 11.6 Å². The Bertz CT molecular complexity index is 801. The van der Waals surface area contributed by atoms with Crippen molar-refractivity contribution in [3.05, 3.63) is 65.2 Å². The molecule has 1 unspecified atom stereocenters. The molecular weight excluding hydrogens is 328 g/mol. The summed E-state index contributed by atoms with van der Waals surface area (Å²) >= 11 is 0. The Morgan fingerprint density at radius 3 is 2.77 bits per heavy atom. The van der Waals surface area contributed by atoms with Crippen molar-refractivity contribution in [1.29, 1.82) is 0 Å². The fourth-order valence-corrected chi connectivity index (χ4v) is 3.27. The average Bonchev–Trinajstić information content (AvgIpc) is 2.66. The van der Waals surface area contributed by atoms with E-state index < -0.39 is 5.97 Å². The van der Waals surface area contributed by atoms with Crippen LogP contribution in [0.4, 0.5) is 5.69 Å². The highest BCUT2D eigenvalue weighted by Crippen LogP contribution is 2.29. The van der Waals surface area contributed by atoms with E-state index in [0.717, 1.165) is 30.5 Å². The molecule has 5 nitrogen and oxygen atoms in total. The summed E-state index contributed by atoms with van der Waals surface area (Å²) < 4.78 is 5.18. The average molecular weight is 352 g/mol. The third-order valence-corrected chi connectivity index (χ3v) is 4.64. The summed E-state index contributed by atoms with van der Waals surface area (Å²) in [5.74, 6) is -0.767. The third kappa shape index (κ3) is 4.23. The van der Waals surface area contributed by atoms with E-state index in [1.165, 1.54) is 5.56 Å². The number of nitrogens with zero attached hydrogens (tertiary/aromatic N) is 1. The van der Waals surface area contributed by atoms with Crippen LogP contribution in [-0.2, 0) is 16.0 Å². The summed E-state index contributed by atoms with van der Waals surface area (Å²) in [6.45, 7) is -0.274. The van der Waals surface area contributed by atoms with Crippen LogP contribution in [0, 0.1) is 0 Å². The van der Waals surface area contributed by atoms with Crippen molar-refractivity contribution in [1.82, 2.24) is 5.32 Å². The Labute approximate surface area is 154 Å². The Balaban J connectivity index is 1.56. The number of anilines is 1. The number of hydrogen-bond donors (Lipinski definition) is 1. The fraction of sp³-hybridized carbons (Fsp3) is 0.333. The van der Waals surface area contributed by atoms with Gasteiger partial charge in [0.1, 0.15) is 0 Å². The zero-order chi connectivity index (χ0) is 18.5. The smallest absolute Gasteiger partial charge is 0.338 e. The highest BCUT2D eigenvalue weighted by atomic mass is 16.5. The van der Waals surface area contributed by atoms with Crippen LogP contribution in [0.15, 0.2) is 48.5 Å². The number of fused-ring (bicyclic) bond motifs is 1. The Morgan fingerprint density at radius 1 is 1.15 bits per heavy atom. The Kier molecular flexibility index (Phi) is 5.56. The molecule has 1 aliphatic rings. The first kappa shape index (κ1) is 18.0. The second-order valence-corrected chi connectivity index (χ2v) is 6.73. The standard InChI is InChI=1S/C21H24N2O3/c1-23(2)17-10-5-9-16(13-17)21(25)26-14-20(24)22-19-12-6-8-15-7-3-4-11-18(15)19/h3-5,7,9-11,13,19H,6,8,12,14H2,1-2H3,(H,22,24). The normalized spacial score (nSPS) is 15.7. The van der Waals surface area contributed by atoms with Crippen molar-refractivity contribution in [2.45, 2.75) is 25.3 Å². The lowest BCUT2D eigenvalue weighted by molar-refractivity contribution is -0.125. The van der Waals surface area contributed by atoms with Crippen molar-refractivity contribution < 1.29 is 14.3 Å². The molecule has 26 heavy (non-hydrogen) atoms. The van der Waals surface area contributed by atoms with Crippen molar-refractivity contribution >= 4 is 17.6 Å². The molecule has 136 valence electrons. The summed E-state index contributed by atoms with van der Waals surface area (Å²) in [6, 6.07) is 15.3. The number of hydrogen-bond acceptors (Lipinski definition) is 4. The first-order valence-corrected chi connectivity index (χ1v) is 8.86. The maximum absolute atomic E-state index is 12.2. The SMILES string of the molecule is CN(C)c1cccc(C(=O)OCC(=O)NC2CCCc3ccccc32)c1. The molecule has 0 radical (unpaired) electrons. The van der Waals surface area contributed by atoms with E-state index in [4.69, 9.17) is 4.74 Å². The van der Waals surface area contributed by atoms with Gasteiger partial charge in [-0.1, -0.05) is 30.3 Å². The van der Waals surface area contributed by atoms with Crippen LogP contribution < -0.4 is 10.2 Å². The van der Waals surface area contributed by atoms with Crippen LogP contribution in [0.5, 0.6) is 0 Å². The van der Waals surface area contributed by atoms with Crippen LogP contribution in [0.3, 0.4) is 0 Å². The van der Waals surface area contributed by atoms with Gasteiger partial charge < -0.3 is 15.0 Å². The minimum Gasteiger partial charge on any atom is -0.452 e. The molecule has 5 heteroatoms. The minimum absolute atomic E-state index is 0.0109. The molecule has 1 amide bonds. The molecule has 1 N–H and O–H groups in total. The van der Waals surface area contributed by atoms with E-state index >= 15 is 0 Å². The first-order valence-electron chi connectivity index (χ1n) is 8.86. The van der Waals surface area contributed by atoms with E-state index in [2.05, 4.69) is 17.4 Å². The largest absolute Gasteiger partial charge is 0.452 e. The molecule has 2 aromatic rings. The molecule has 2 aromatic carbocycles. The molecule has 0 saturated carbocycles. The number of carbonyl (C=O) groups is 2. The predicted molar refractivity (Wildman–Crippen MR) is 101 cm³/mol. The lowest BCUT2D eigenvalue weighted by Crippen LogP contribution is -2.34. The van der Waals surface area contributed by atoms with Crippen molar-refractivity contribution in [3.8, 4) is 0 Å². The van der Waals surface area contributed by atoms with E-state index in [-0.39, 0.29) is 18.6 Å². The van der Waals surface area contributed by atoms with Crippen LogP contribution >= 0.6 is 0 Å². The van der Waals surface area contributed by atoms with Gasteiger partial charge in [0.25, 0.3) is 5.91 Å². The van der Waals surface area contributed by atoms with Gasteiger partial charge in [0.15, 0.2) is 6.61 Å². The molecule has 3 rings (SSSR count).